The van der Waals surface area contributed by atoms with Gasteiger partial charge in [0.25, 0.3) is 5.91 Å². The molecule has 5 nitrogen and oxygen atoms in total. The number of hydrogen-bond donors (Lipinski definition) is 1. The second kappa shape index (κ2) is 10.4. The van der Waals surface area contributed by atoms with Crippen LogP contribution in [-0.4, -0.2) is 51.0 Å². The third-order valence-corrected chi connectivity index (χ3v) is 9.33. The highest BCUT2D eigenvalue weighted by atomic mass is 32.2. The second-order valence-corrected chi connectivity index (χ2v) is 12.6. The minimum Gasteiger partial charge on any atom is -0.326 e. The number of thiophene rings is 1. The zero-order valence-corrected chi connectivity index (χ0v) is 20.8. The first-order valence-electron chi connectivity index (χ1n) is 10.3. The average Bonchev–Trinajstić information content (AvgIpc) is 3.50. The highest BCUT2D eigenvalue weighted by molar-refractivity contribution is 8.04. The van der Waals surface area contributed by atoms with Crippen molar-refractivity contribution in [2.24, 2.45) is 0 Å². The summed E-state index contributed by atoms with van der Waals surface area (Å²) in [6.45, 7) is 5.05. The number of thiazole rings is 1. The zero-order valence-electron chi connectivity index (χ0n) is 17.5. The summed E-state index contributed by atoms with van der Waals surface area (Å²) >= 11 is 6.82. The lowest BCUT2D eigenvalue weighted by Crippen LogP contribution is -2.42. The Hall–Kier alpha value is -1.55. The van der Waals surface area contributed by atoms with Crippen LogP contribution < -0.4 is 5.32 Å². The van der Waals surface area contributed by atoms with E-state index < -0.39 is 6.04 Å². The first kappa shape index (κ1) is 22.6. The van der Waals surface area contributed by atoms with Crippen LogP contribution in [-0.2, 0) is 4.79 Å². The van der Waals surface area contributed by atoms with Crippen molar-refractivity contribution in [3.8, 4) is 0 Å². The molecule has 3 aromatic rings. The fraction of sp³-hybridized carbons (Fsp3) is 0.409. The van der Waals surface area contributed by atoms with Gasteiger partial charge in [-0.15, -0.1) is 22.7 Å². The molecule has 1 fully saturated rings. The van der Waals surface area contributed by atoms with E-state index in [-0.39, 0.29) is 11.8 Å². The summed E-state index contributed by atoms with van der Waals surface area (Å²) in [7, 11) is 0. The molecular formula is C22H25N3O2S4. The number of hydrogen-bond acceptors (Lipinski definition) is 7. The van der Waals surface area contributed by atoms with Crippen LogP contribution >= 0.6 is 46.2 Å². The molecule has 0 bridgehead atoms. The van der Waals surface area contributed by atoms with Crippen LogP contribution in [0.15, 0.2) is 40.1 Å². The molecule has 0 saturated carbocycles. The van der Waals surface area contributed by atoms with Crippen LogP contribution in [0.1, 0.15) is 36.4 Å². The Labute approximate surface area is 199 Å². The molecule has 1 aliphatic rings. The Morgan fingerprint density at radius 1 is 1.29 bits per heavy atom. The van der Waals surface area contributed by atoms with Crippen molar-refractivity contribution in [3.63, 3.8) is 0 Å². The number of benzene rings is 1. The lowest BCUT2D eigenvalue weighted by atomic mass is 10.2. The lowest BCUT2D eigenvalue weighted by Gasteiger charge is -2.23. The van der Waals surface area contributed by atoms with Gasteiger partial charge in [-0.05, 0) is 47.7 Å². The highest BCUT2D eigenvalue weighted by Crippen LogP contribution is 2.32. The van der Waals surface area contributed by atoms with Gasteiger partial charge in [0.05, 0.1) is 15.1 Å². The van der Waals surface area contributed by atoms with Crippen LogP contribution in [0.25, 0.3) is 10.2 Å². The van der Waals surface area contributed by atoms with E-state index in [1.165, 1.54) is 11.3 Å². The van der Waals surface area contributed by atoms with Gasteiger partial charge < -0.3 is 10.2 Å². The van der Waals surface area contributed by atoms with Gasteiger partial charge in [-0.25, -0.2) is 4.98 Å². The number of nitrogens with one attached hydrogen (secondary N) is 1. The molecule has 0 aliphatic carbocycles. The molecule has 164 valence electrons. The number of likely N-dealkylation sites (tertiary alicyclic amines) is 1. The Morgan fingerprint density at radius 2 is 2.16 bits per heavy atom. The smallest absolute Gasteiger partial charge is 0.264 e. The van der Waals surface area contributed by atoms with Crippen LogP contribution in [0, 0.1) is 0 Å². The second-order valence-electron chi connectivity index (χ2n) is 7.55. The first-order valence-corrected chi connectivity index (χ1v) is 14.0. The van der Waals surface area contributed by atoms with Gasteiger partial charge in [0, 0.05) is 23.7 Å². The number of amides is 2. The van der Waals surface area contributed by atoms with E-state index in [0.717, 1.165) is 38.2 Å². The number of anilines is 1. The number of nitrogens with zero attached hydrogens (tertiary/aromatic N) is 2. The number of fused-ring (bicyclic) bond motifs is 1. The van der Waals surface area contributed by atoms with Gasteiger partial charge in [0.2, 0.25) is 5.91 Å². The molecule has 1 aromatic carbocycles. The standard InChI is InChI=1S/C22H25N3O2S4/c1-14(2)28-11-12-30-22-24-16-8-7-15(13-19(16)31-22)23-20(26)17-5-3-9-25(17)21(27)18-6-4-10-29-18/h4,6-8,10,13-14,17H,3,5,9,11-12H2,1-2H3,(H,23,26). The highest BCUT2D eigenvalue weighted by Gasteiger charge is 2.34. The Kier molecular flexibility index (Phi) is 7.58. The van der Waals surface area contributed by atoms with Gasteiger partial charge in [0.15, 0.2) is 4.34 Å². The molecule has 1 unspecified atom stereocenters. The van der Waals surface area contributed by atoms with E-state index in [9.17, 15) is 9.59 Å². The van der Waals surface area contributed by atoms with E-state index >= 15 is 0 Å². The number of rotatable bonds is 8. The molecule has 1 atom stereocenters. The van der Waals surface area contributed by atoms with E-state index in [0.29, 0.717) is 23.1 Å². The first-order chi connectivity index (χ1) is 15.0. The van der Waals surface area contributed by atoms with Crippen molar-refractivity contribution in [2.75, 3.05) is 23.4 Å². The number of aromatic nitrogens is 1. The molecule has 0 radical (unpaired) electrons. The van der Waals surface area contributed by atoms with Crippen LogP contribution in [0.3, 0.4) is 0 Å². The fourth-order valence-corrected chi connectivity index (χ4v) is 7.20. The predicted molar refractivity (Wildman–Crippen MR) is 135 cm³/mol. The SMILES string of the molecule is CC(C)SCCSc1nc2ccc(NC(=O)C3CCCN3C(=O)c3cccs3)cc2s1. The maximum atomic E-state index is 12.9. The number of carbonyl (C=O) groups excluding carboxylic acids is 2. The summed E-state index contributed by atoms with van der Waals surface area (Å²) in [5.41, 5.74) is 1.71. The molecular weight excluding hydrogens is 467 g/mol. The molecule has 2 aromatic heterocycles. The van der Waals surface area contributed by atoms with Gasteiger partial charge >= 0.3 is 0 Å². The lowest BCUT2D eigenvalue weighted by molar-refractivity contribution is -0.119. The third-order valence-electron chi connectivity index (χ3n) is 4.94. The maximum absolute atomic E-state index is 12.9. The number of carbonyl (C=O) groups is 2. The van der Waals surface area contributed by atoms with Gasteiger partial charge in [-0.2, -0.15) is 11.8 Å². The Balaban J connectivity index is 1.39. The average molecular weight is 492 g/mol. The van der Waals surface area contributed by atoms with Crippen LogP contribution in [0.4, 0.5) is 5.69 Å². The topological polar surface area (TPSA) is 62.3 Å². The summed E-state index contributed by atoms with van der Waals surface area (Å²) < 4.78 is 2.13. The monoisotopic (exact) mass is 491 g/mol. The van der Waals surface area contributed by atoms with Crippen LogP contribution in [0.5, 0.6) is 0 Å². The molecule has 2 amide bonds. The Morgan fingerprint density at radius 3 is 2.94 bits per heavy atom. The van der Waals surface area contributed by atoms with Gasteiger partial charge in [-0.3, -0.25) is 9.59 Å². The summed E-state index contributed by atoms with van der Waals surface area (Å²) in [6, 6.07) is 9.09. The summed E-state index contributed by atoms with van der Waals surface area (Å²) in [4.78, 5) is 32.8. The molecule has 31 heavy (non-hydrogen) atoms. The molecule has 9 heteroatoms. The molecule has 4 rings (SSSR count). The Bertz CT molecular complexity index is 1050. The predicted octanol–water partition coefficient (Wildman–Crippen LogP) is 5.83. The van der Waals surface area contributed by atoms with E-state index in [1.54, 1.807) is 28.0 Å². The number of thioether (sulfide) groups is 2. The molecule has 0 spiro atoms. The zero-order chi connectivity index (χ0) is 21.8. The summed E-state index contributed by atoms with van der Waals surface area (Å²) in [5.74, 6) is 1.98. The summed E-state index contributed by atoms with van der Waals surface area (Å²) in [6.07, 6.45) is 1.54. The normalized spacial score (nSPS) is 16.4. The van der Waals surface area contributed by atoms with E-state index in [2.05, 4.69) is 19.2 Å². The molecule has 1 N–H and O–H groups in total. The van der Waals surface area contributed by atoms with Crippen LogP contribution in [0.2, 0.25) is 0 Å². The molecule has 1 aliphatic heterocycles. The van der Waals surface area contributed by atoms with E-state index in [4.69, 9.17) is 4.98 Å². The quantitative estimate of drug-likeness (QED) is 0.317. The van der Waals surface area contributed by atoms with E-state index in [1.807, 2.05) is 47.5 Å². The van der Waals surface area contributed by atoms with Gasteiger partial charge in [0.1, 0.15) is 6.04 Å². The van der Waals surface area contributed by atoms with Crippen molar-refractivity contribution in [1.29, 1.82) is 0 Å². The minimum atomic E-state index is -0.420. The fourth-order valence-electron chi connectivity index (χ4n) is 3.51. The molecule has 3 heterocycles. The van der Waals surface area contributed by atoms with Crippen molar-refractivity contribution < 1.29 is 9.59 Å². The van der Waals surface area contributed by atoms with Crippen molar-refractivity contribution in [2.45, 2.75) is 42.3 Å². The third kappa shape index (κ3) is 5.63. The molecule has 1 saturated heterocycles. The summed E-state index contributed by atoms with van der Waals surface area (Å²) in [5, 5.41) is 5.56. The maximum Gasteiger partial charge on any atom is 0.264 e. The van der Waals surface area contributed by atoms with Crippen molar-refractivity contribution in [1.82, 2.24) is 9.88 Å². The van der Waals surface area contributed by atoms with Crippen molar-refractivity contribution in [3.05, 3.63) is 40.6 Å². The largest absolute Gasteiger partial charge is 0.326 e. The van der Waals surface area contributed by atoms with Gasteiger partial charge in [-0.1, -0.05) is 31.7 Å². The minimum absolute atomic E-state index is 0.0529. The van der Waals surface area contributed by atoms with Crippen molar-refractivity contribution >= 4 is 73.9 Å².